The molecule has 5 nitrogen and oxygen atoms in total. The van der Waals surface area contributed by atoms with Gasteiger partial charge in [0, 0.05) is 38.8 Å². The molecule has 1 aromatic carbocycles. The maximum Gasteiger partial charge on any atom is 0.121 e. The molecule has 0 radical (unpaired) electrons. The molecule has 5 heteroatoms. The summed E-state index contributed by atoms with van der Waals surface area (Å²) in [6.07, 6.45) is 3.42. The van der Waals surface area contributed by atoms with E-state index < -0.39 is 0 Å². The molecule has 1 aliphatic rings. The quantitative estimate of drug-likeness (QED) is 0.833. The summed E-state index contributed by atoms with van der Waals surface area (Å²) in [5.41, 5.74) is 2.22. The number of piperidine rings is 1. The predicted octanol–water partition coefficient (Wildman–Crippen LogP) is 2.55. The first kappa shape index (κ1) is 15.3. The van der Waals surface area contributed by atoms with Crippen LogP contribution in [-0.4, -0.2) is 43.5 Å². The number of rotatable bonds is 6. The van der Waals surface area contributed by atoms with Crippen molar-refractivity contribution in [3.63, 3.8) is 0 Å². The highest BCUT2D eigenvalue weighted by Gasteiger charge is 2.22. The number of ether oxygens (including phenoxy) is 2. The monoisotopic (exact) mass is 303 g/mol. The van der Waals surface area contributed by atoms with Crippen molar-refractivity contribution in [3.05, 3.63) is 24.0 Å². The summed E-state index contributed by atoms with van der Waals surface area (Å²) in [7, 11) is 3.46. The van der Waals surface area contributed by atoms with Crippen molar-refractivity contribution in [2.45, 2.75) is 31.7 Å². The minimum absolute atomic E-state index is 0.495. The van der Waals surface area contributed by atoms with E-state index in [4.69, 9.17) is 14.5 Å². The van der Waals surface area contributed by atoms with Gasteiger partial charge in [-0.15, -0.1) is 0 Å². The van der Waals surface area contributed by atoms with Gasteiger partial charge in [0.1, 0.15) is 11.6 Å². The molecule has 1 N–H and O–H groups in total. The number of methoxy groups -OCH3 is 2. The zero-order chi connectivity index (χ0) is 15.4. The van der Waals surface area contributed by atoms with E-state index in [1.807, 2.05) is 6.07 Å². The van der Waals surface area contributed by atoms with Crippen LogP contribution in [0.2, 0.25) is 0 Å². The highest BCUT2D eigenvalue weighted by atomic mass is 16.5. The van der Waals surface area contributed by atoms with Crippen LogP contribution in [0.15, 0.2) is 18.2 Å². The van der Waals surface area contributed by atoms with E-state index in [0.29, 0.717) is 5.92 Å². The predicted molar refractivity (Wildman–Crippen MR) is 87.6 cm³/mol. The molecule has 120 valence electrons. The number of nitrogens with one attached hydrogen (secondary N) is 1. The Hall–Kier alpha value is -1.59. The molecule has 0 aliphatic carbocycles. The normalized spacial score (nSPS) is 18.7. The van der Waals surface area contributed by atoms with Gasteiger partial charge in [0.2, 0.25) is 0 Å². The first-order chi connectivity index (χ1) is 10.8. The third-order valence-electron chi connectivity index (χ3n) is 4.38. The zero-order valence-corrected chi connectivity index (χ0v) is 13.5. The Morgan fingerprint density at radius 3 is 3.00 bits per heavy atom. The van der Waals surface area contributed by atoms with Crippen molar-refractivity contribution in [1.29, 1.82) is 0 Å². The smallest absolute Gasteiger partial charge is 0.121 e. The Balaban J connectivity index is 1.98. The van der Waals surface area contributed by atoms with Crippen LogP contribution < -0.4 is 10.1 Å². The number of benzene rings is 1. The lowest BCUT2D eigenvalue weighted by Crippen LogP contribution is -2.30. The molecule has 2 heterocycles. The van der Waals surface area contributed by atoms with E-state index in [-0.39, 0.29) is 0 Å². The molecule has 0 amide bonds. The van der Waals surface area contributed by atoms with E-state index >= 15 is 0 Å². The highest BCUT2D eigenvalue weighted by molar-refractivity contribution is 5.78. The van der Waals surface area contributed by atoms with Gasteiger partial charge < -0.3 is 19.4 Å². The minimum Gasteiger partial charge on any atom is -0.497 e. The van der Waals surface area contributed by atoms with E-state index in [1.54, 1.807) is 14.2 Å². The third-order valence-corrected chi connectivity index (χ3v) is 4.38. The van der Waals surface area contributed by atoms with E-state index in [2.05, 4.69) is 22.0 Å². The van der Waals surface area contributed by atoms with Crippen molar-refractivity contribution in [2.75, 3.05) is 33.9 Å². The van der Waals surface area contributed by atoms with Crippen LogP contribution in [0.4, 0.5) is 0 Å². The molecular weight excluding hydrogens is 278 g/mol. The number of imidazole rings is 1. The fraction of sp³-hybridized carbons (Fsp3) is 0.588. The fourth-order valence-electron chi connectivity index (χ4n) is 3.23. The number of hydrogen-bond acceptors (Lipinski definition) is 4. The Labute approximate surface area is 131 Å². The van der Waals surface area contributed by atoms with Gasteiger partial charge in [-0.25, -0.2) is 4.98 Å². The number of aryl methyl sites for hydroxylation is 1. The van der Waals surface area contributed by atoms with Gasteiger partial charge in [-0.05, 0) is 37.9 Å². The van der Waals surface area contributed by atoms with Crippen LogP contribution in [0.5, 0.6) is 5.75 Å². The summed E-state index contributed by atoms with van der Waals surface area (Å²) < 4.78 is 12.9. The maximum atomic E-state index is 5.38. The van der Waals surface area contributed by atoms with Crippen molar-refractivity contribution in [3.8, 4) is 5.75 Å². The van der Waals surface area contributed by atoms with Gasteiger partial charge >= 0.3 is 0 Å². The van der Waals surface area contributed by atoms with Gasteiger partial charge in [-0.3, -0.25) is 0 Å². The lowest BCUT2D eigenvalue weighted by atomic mass is 9.99. The summed E-state index contributed by atoms with van der Waals surface area (Å²) in [6, 6.07) is 6.13. The molecule has 0 saturated carbocycles. The van der Waals surface area contributed by atoms with E-state index in [1.165, 1.54) is 18.7 Å². The van der Waals surface area contributed by atoms with Crippen LogP contribution >= 0.6 is 0 Å². The van der Waals surface area contributed by atoms with Crippen LogP contribution in [0.3, 0.4) is 0 Å². The maximum absolute atomic E-state index is 5.38. The van der Waals surface area contributed by atoms with Gasteiger partial charge in [0.15, 0.2) is 0 Å². The van der Waals surface area contributed by atoms with Crippen molar-refractivity contribution in [1.82, 2.24) is 14.9 Å². The van der Waals surface area contributed by atoms with Crippen molar-refractivity contribution in [2.24, 2.45) is 0 Å². The van der Waals surface area contributed by atoms with Gasteiger partial charge in [0.25, 0.3) is 0 Å². The summed E-state index contributed by atoms with van der Waals surface area (Å²) >= 11 is 0. The number of aromatic nitrogens is 2. The largest absolute Gasteiger partial charge is 0.497 e. The molecule has 2 aromatic rings. The SMILES string of the molecule is COCCCn1c([C@@H]2CCCNC2)nc2ccc(OC)cc21. The Morgan fingerprint density at radius 1 is 1.36 bits per heavy atom. The molecule has 1 aliphatic heterocycles. The second kappa shape index (κ2) is 7.11. The van der Waals surface area contributed by atoms with Crippen LogP contribution in [0.1, 0.15) is 31.0 Å². The average molecular weight is 303 g/mol. The highest BCUT2D eigenvalue weighted by Crippen LogP contribution is 2.29. The topological polar surface area (TPSA) is 48.3 Å². The van der Waals surface area contributed by atoms with Crippen molar-refractivity contribution < 1.29 is 9.47 Å². The lowest BCUT2D eigenvalue weighted by Gasteiger charge is -2.23. The van der Waals surface area contributed by atoms with E-state index in [0.717, 1.165) is 49.4 Å². The molecule has 3 rings (SSSR count). The molecule has 0 bridgehead atoms. The standard InChI is InChI=1S/C17H25N3O2/c1-21-10-4-9-20-16-11-14(22-2)6-7-15(16)19-17(20)13-5-3-8-18-12-13/h6-7,11,13,18H,3-5,8-10,12H2,1-2H3/t13-/m1/s1. The number of hydrogen-bond donors (Lipinski definition) is 1. The second-order valence-corrected chi connectivity index (χ2v) is 5.87. The first-order valence-electron chi connectivity index (χ1n) is 8.07. The molecule has 1 atom stereocenters. The molecule has 1 fully saturated rings. The summed E-state index contributed by atoms with van der Waals surface area (Å²) in [5.74, 6) is 2.58. The fourth-order valence-corrected chi connectivity index (χ4v) is 3.23. The third kappa shape index (κ3) is 3.10. The first-order valence-corrected chi connectivity index (χ1v) is 8.07. The van der Waals surface area contributed by atoms with Gasteiger partial charge in [-0.2, -0.15) is 0 Å². The number of nitrogens with zero attached hydrogens (tertiary/aromatic N) is 2. The Kier molecular flexibility index (Phi) is 4.95. The van der Waals surface area contributed by atoms with Gasteiger partial charge in [-0.1, -0.05) is 0 Å². The van der Waals surface area contributed by atoms with Crippen LogP contribution in [0, 0.1) is 0 Å². The number of fused-ring (bicyclic) bond motifs is 1. The Morgan fingerprint density at radius 2 is 2.27 bits per heavy atom. The minimum atomic E-state index is 0.495. The molecule has 0 unspecified atom stereocenters. The summed E-state index contributed by atoms with van der Waals surface area (Å²) in [6.45, 7) is 3.84. The lowest BCUT2D eigenvalue weighted by molar-refractivity contribution is 0.190. The molecule has 1 aromatic heterocycles. The Bertz CT molecular complexity index is 618. The van der Waals surface area contributed by atoms with Gasteiger partial charge in [0.05, 0.1) is 18.1 Å². The summed E-state index contributed by atoms with van der Waals surface area (Å²) in [4.78, 5) is 4.92. The summed E-state index contributed by atoms with van der Waals surface area (Å²) in [5, 5.41) is 3.49. The molecular formula is C17H25N3O2. The molecule has 0 spiro atoms. The molecule has 22 heavy (non-hydrogen) atoms. The zero-order valence-electron chi connectivity index (χ0n) is 13.5. The van der Waals surface area contributed by atoms with Crippen molar-refractivity contribution >= 4 is 11.0 Å². The second-order valence-electron chi connectivity index (χ2n) is 5.87. The average Bonchev–Trinajstić information content (AvgIpc) is 2.94. The van der Waals surface area contributed by atoms with Crippen LogP contribution in [-0.2, 0) is 11.3 Å². The van der Waals surface area contributed by atoms with E-state index in [9.17, 15) is 0 Å². The van der Waals surface area contributed by atoms with Crippen LogP contribution in [0.25, 0.3) is 11.0 Å². The molecule has 1 saturated heterocycles.